The van der Waals surface area contributed by atoms with Crippen molar-refractivity contribution in [2.45, 2.75) is 77.6 Å². The van der Waals surface area contributed by atoms with E-state index in [1.54, 1.807) is 0 Å². The van der Waals surface area contributed by atoms with Crippen molar-refractivity contribution in [1.82, 2.24) is 9.97 Å². The molecular formula is C15H29N3. The van der Waals surface area contributed by atoms with E-state index < -0.39 is 0 Å². The predicted molar refractivity (Wildman–Crippen MR) is 78.6 cm³/mol. The number of imidazole rings is 1. The first kappa shape index (κ1) is 15.1. The number of aromatic nitrogens is 2. The number of hydrogen-bond acceptors (Lipinski definition) is 2. The highest BCUT2D eigenvalue weighted by Gasteiger charge is 2.27. The summed E-state index contributed by atoms with van der Waals surface area (Å²) in [5.74, 6) is 0.543. The first-order valence-corrected chi connectivity index (χ1v) is 7.43. The Balaban J connectivity index is 2.62. The molecule has 0 radical (unpaired) electrons. The van der Waals surface area contributed by atoms with Crippen LogP contribution in [0, 0.1) is 0 Å². The molecule has 0 fully saturated rings. The average molecular weight is 251 g/mol. The lowest BCUT2D eigenvalue weighted by molar-refractivity contribution is 0.361. The molecule has 0 saturated carbocycles. The molecular weight excluding hydrogens is 222 g/mol. The van der Waals surface area contributed by atoms with Crippen LogP contribution < -0.4 is 5.73 Å². The molecule has 0 aliphatic carbocycles. The molecule has 0 bridgehead atoms. The smallest absolute Gasteiger partial charge is 0.197 e. The number of aromatic amines is 1. The maximum atomic E-state index is 5.71. The molecule has 1 aromatic rings. The van der Waals surface area contributed by atoms with E-state index >= 15 is 0 Å². The van der Waals surface area contributed by atoms with Crippen LogP contribution in [0.3, 0.4) is 0 Å². The van der Waals surface area contributed by atoms with Crippen molar-refractivity contribution in [3.05, 3.63) is 11.9 Å². The topological polar surface area (TPSA) is 54.7 Å². The average Bonchev–Trinajstić information content (AvgIpc) is 2.80. The van der Waals surface area contributed by atoms with Gasteiger partial charge in [0.15, 0.2) is 5.95 Å². The Morgan fingerprint density at radius 1 is 1.11 bits per heavy atom. The van der Waals surface area contributed by atoms with Gasteiger partial charge in [-0.1, -0.05) is 59.3 Å². The highest BCUT2D eigenvalue weighted by Crippen LogP contribution is 2.34. The number of unbranched alkanes of at least 4 members (excludes halogenated alkanes) is 4. The Labute approximate surface area is 112 Å². The summed E-state index contributed by atoms with van der Waals surface area (Å²) >= 11 is 0. The van der Waals surface area contributed by atoms with Gasteiger partial charge in [0.2, 0.25) is 0 Å². The highest BCUT2D eigenvalue weighted by molar-refractivity contribution is 5.24. The number of nitrogens with two attached hydrogens (primary N) is 1. The van der Waals surface area contributed by atoms with Gasteiger partial charge in [0.05, 0.1) is 5.69 Å². The molecule has 1 aromatic heterocycles. The fourth-order valence-electron chi connectivity index (χ4n) is 2.54. The Morgan fingerprint density at radius 3 is 2.33 bits per heavy atom. The molecule has 3 heteroatoms. The molecule has 0 aliphatic rings. The summed E-state index contributed by atoms with van der Waals surface area (Å²) in [5.41, 5.74) is 7.05. The molecule has 1 atom stereocenters. The number of nitrogen functional groups attached to an aromatic ring is 1. The van der Waals surface area contributed by atoms with Gasteiger partial charge < -0.3 is 10.7 Å². The second kappa shape index (κ2) is 7.45. The fraction of sp³-hybridized carbons (Fsp3) is 0.800. The number of rotatable bonds is 9. The third kappa shape index (κ3) is 4.35. The summed E-state index contributed by atoms with van der Waals surface area (Å²) in [6.07, 6.45) is 12.2. The largest absolute Gasteiger partial charge is 0.369 e. The van der Waals surface area contributed by atoms with Crippen molar-refractivity contribution in [2.24, 2.45) is 0 Å². The van der Waals surface area contributed by atoms with Crippen molar-refractivity contribution in [3.8, 4) is 0 Å². The molecule has 3 N–H and O–H groups in total. The standard InChI is InChI=1S/C15H29N3/c1-4-6-8-9-11-15(3,10-7-5-2)13-12-17-14(16)18-13/h12H,4-11H2,1-3H3,(H3,16,17,18). The van der Waals surface area contributed by atoms with Crippen molar-refractivity contribution in [3.63, 3.8) is 0 Å². The molecule has 0 aliphatic heterocycles. The van der Waals surface area contributed by atoms with Crippen LogP contribution in [0.1, 0.15) is 77.8 Å². The van der Waals surface area contributed by atoms with Gasteiger partial charge in [-0.05, 0) is 12.8 Å². The second-order valence-corrected chi connectivity index (χ2v) is 5.65. The van der Waals surface area contributed by atoms with Crippen LogP contribution in [0.4, 0.5) is 5.95 Å². The summed E-state index contributed by atoms with van der Waals surface area (Å²) in [6.45, 7) is 6.84. The van der Waals surface area contributed by atoms with Crippen LogP contribution in [0.2, 0.25) is 0 Å². The number of nitrogens with one attached hydrogen (secondary N) is 1. The molecule has 0 saturated heterocycles. The van der Waals surface area contributed by atoms with Crippen molar-refractivity contribution < 1.29 is 0 Å². The molecule has 1 unspecified atom stereocenters. The van der Waals surface area contributed by atoms with E-state index in [2.05, 4.69) is 30.7 Å². The van der Waals surface area contributed by atoms with Crippen LogP contribution in [-0.2, 0) is 5.41 Å². The molecule has 1 heterocycles. The lowest BCUT2D eigenvalue weighted by Crippen LogP contribution is -2.22. The summed E-state index contributed by atoms with van der Waals surface area (Å²) in [7, 11) is 0. The monoisotopic (exact) mass is 251 g/mol. The van der Waals surface area contributed by atoms with Crippen molar-refractivity contribution >= 4 is 5.95 Å². The quantitative estimate of drug-likeness (QED) is 0.639. The third-order valence-corrected chi connectivity index (χ3v) is 3.88. The Bertz CT molecular complexity index is 332. The normalized spacial score (nSPS) is 14.6. The maximum absolute atomic E-state index is 5.71. The first-order chi connectivity index (χ1) is 8.62. The van der Waals surface area contributed by atoms with E-state index in [0.29, 0.717) is 5.95 Å². The van der Waals surface area contributed by atoms with Gasteiger partial charge in [0, 0.05) is 11.6 Å². The second-order valence-electron chi connectivity index (χ2n) is 5.65. The summed E-state index contributed by atoms with van der Waals surface area (Å²) < 4.78 is 0. The van der Waals surface area contributed by atoms with E-state index in [1.165, 1.54) is 51.4 Å². The van der Waals surface area contributed by atoms with Gasteiger partial charge in [-0.25, -0.2) is 4.98 Å². The summed E-state index contributed by atoms with van der Waals surface area (Å²) in [6, 6.07) is 0. The maximum Gasteiger partial charge on any atom is 0.197 e. The Morgan fingerprint density at radius 2 is 1.78 bits per heavy atom. The van der Waals surface area contributed by atoms with E-state index in [4.69, 9.17) is 5.73 Å². The van der Waals surface area contributed by atoms with E-state index in [1.807, 2.05) is 6.20 Å². The Kier molecular flexibility index (Phi) is 6.23. The number of anilines is 1. The molecule has 0 spiro atoms. The zero-order valence-corrected chi connectivity index (χ0v) is 12.3. The number of nitrogens with zero attached hydrogens (tertiary/aromatic N) is 1. The predicted octanol–water partition coefficient (Wildman–Crippen LogP) is 4.41. The Hall–Kier alpha value is -0.990. The third-order valence-electron chi connectivity index (χ3n) is 3.88. The minimum Gasteiger partial charge on any atom is -0.369 e. The molecule has 1 rings (SSSR count). The van der Waals surface area contributed by atoms with Crippen LogP contribution in [-0.4, -0.2) is 9.97 Å². The van der Waals surface area contributed by atoms with Gasteiger partial charge in [-0.3, -0.25) is 0 Å². The lowest BCUT2D eigenvalue weighted by Gasteiger charge is -2.28. The number of H-pyrrole nitrogens is 1. The molecule has 3 nitrogen and oxygen atoms in total. The first-order valence-electron chi connectivity index (χ1n) is 7.43. The van der Waals surface area contributed by atoms with E-state index in [9.17, 15) is 0 Å². The van der Waals surface area contributed by atoms with Gasteiger partial charge in [0.25, 0.3) is 0 Å². The molecule has 18 heavy (non-hydrogen) atoms. The minimum atomic E-state index is 0.192. The van der Waals surface area contributed by atoms with Gasteiger partial charge in [-0.15, -0.1) is 0 Å². The number of hydrogen-bond donors (Lipinski definition) is 2. The molecule has 0 aromatic carbocycles. The van der Waals surface area contributed by atoms with Gasteiger partial charge in [0.1, 0.15) is 0 Å². The minimum absolute atomic E-state index is 0.192. The molecule has 104 valence electrons. The van der Waals surface area contributed by atoms with Crippen LogP contribution in [0.25, 0.3) is 0 Å². The summed E-state index contributed by atoms with van der Waals surface area (Å²) in [4.78, 5) is 7.48. The van der Waals surface area contributed by atoms with Gasteiger partial charge in [-0.2, -0.15) is 0 Å². The van der Waals surface area contributed by atoms with Crippen molar-refractivity contribution in [1.29, 1.82) is 0 Å². The van der Waals surface area contributed by atoms with Crippen molar-refractivity contribution in [2.75, 3.05) is 5.73 Å². The molecule has 0 amide bonds. The van der Waals surface area contributed by atoms with E-state index in [0.717, 1.165) is 5.69 Å². The van der Waals surface area contributed by atoms with Gasteiger partial charge >= 0.3 is 0 Å². The fourth-order valence-corrected chi connectivity index (χ4v) is 2.54. The SMILES string of the molecule is CCCCCCC(C)(CCCC)c1c[nH]c(N)n1. The van der Waals surface area contributed by atoms with Crippen LogP contribution >= 0.6 is 0 Å². The highest BCUT2D eigenvalue weighted by atomic mass is 15.0. The summed E-state index contributed by atoms with van der Waals surface area (Å²) in [5, 5.41) is 0. The zero-order valence-electron chi connectivity index (χ0n) is 12.3. The van der Waals surface area contributed by atoms with Crippen LogP contribution in [0.15, 0.2) is 6.20 Å². The lowest BCUT2D eigenvalue weighted by atomic mass is 9.77. The zero-order chi connectivity index (χ0) is 13.4. The van der Waals surface area contributed by atoms with Crippen LogP contribution in [0.5, 0.6) is 0 Å². The van der Waals surface area contributed by atoms with E-state index in [-0.39, 0.29) is 5.41 Å².